The molecule has 1 N–H and O–H groups in total. The van der Waals surface area contributed by atoms with Gasteiger partial charge in [0.15, 0.2) is 0 Å². The summed E-state index contributed by atoms with van der Waals surface area (Å²) < 4.78 is 0. The summed E-state index contributed by atoms with van der Waals surface area (Å²) in [5.41, 5.74) is 0. The van der Waals surface area contributed by atoms with Crippen molar-refractivity contribution in [3.05, 3.63) is 0 Å². The SMILES string of the molecule is CCCCCCCCC(=O)N1CCC(CCC(=O)O)CC1. The first-order valence-corrected chi connectivity index (χ1v) is 8.63. The molecule has 122 valence electrons. The van der Waals surface area contributed by atoms with Crippen LogP contribution >= 0.6 is 0 Å². The van der Waals surface area contributed by atoms with Gasteiger partial charge in [0.2, 0.25) is 5.91 Å². The lowest BCUT2D eigenvalue weighted by molar-refractivity contribution is -0.138. The standard InChI is InChI=1S/C17H31NO3/c1-2-3-4-5-6-7-8-16(19)18-13-11-15(12-14-18)9-10-17(20)21/h15H,2-14H2,1H3,(H,20,21). The zero-order chi connectivity index (χ0) is 15.5. The van der Waals surface area contributed by atoms with Crippen molar-refractivity contribution in [2.45, 2.75) is 77.6 Å². The number of nitrogens with zero attached hydrogens (tertiary/aromatic N) is 1. The zero-order valence-electron chi connectivity index (χ0n) is 13.5. The summed E-state index contributed by atoms with van der Waals surface area (Å²) in [7, 11) is 0. The molecule has 0 saturated carbocycles. The van der Waals surface area contributed by atoms with Gasteiger partial charge >= 0.3 is 5.97 Å². The van der Waals surface area contributed by atoms with Crippen LogP contribution in [-0.2, 0) is 9.59 Å². The van der Waals surface area contributed by atoms with Crippen molar-refractivity contribution < 1.29 is 14.7 Å². The minimum absolute atomic E-state index is 0.260. The van der Waals surface area contributed by atoms with Crippen LogP contribution < -0.4 is 0 Å². The average molecular weight is 297 g/mol. The number of carbonyl (C=O) groups is 2. The molecule has 1 fully saturated rings. The van der Waals surface area contributed by atoms with Crippen LogP contribution in [0.3, 0.4) is 0 Å². The fourth-order valence-corrected chi connectivity index (χ4v) is 3.01. The first-order chi connectivity index (χ1) is 10.1. The van der Waals surface area contributed by atoms with Gasteiger partial charge in [0.1, 0.15) is 0 Å². The molecular weight excluding hydrogens is 266 g/mol. The Balaban J connectivity index is 2.07. The quantitative estimate of drug-likeness (QED) is 0.623. The van der Waals surface area contributed by atoms with E-state index in [2.05, 4.69) is 6.92 Å². The smallest absolute Gasteiger partial charge is 0.303 e. The second-order valence-corrected chi connectivity index (χ2v) is 6.27. The Bertz CT molecular complexity index is 309. The number of carboxylic acids is 1. The highest BCUT2D eigenvalue weighted by atomic mass is 16.4. The summed E-state index contributed by atoms with van der Waals surface area (Å²) in [6, 6.07) is 0. The summed E-state index contributed by atoms with van der Waals surface area (Å²) >= 11 is 0. The Kier molecular flexibility index (Phi) is 9.11. The van der Waals surface area contributed by atoms with E-state index in [0.717, 1.165) is 38.8 Å². The van der Waals surface area contributed by atoms with Gasteiger partial charge < -0.3 is 10.0 Å². The first-order valence-electron chi connectivity index (χ1n) is 8.63. The molecule has 1 heterocycles. The second kappa shape index (κ2) is 10.6. The maximum atomic E-state index is 12.1. The van der Waals surface area contributed by atoms with E-state index in [4.69, 9.17) is 5.11 Å². The van der Waals surface area contributed by atoms with Gasteiger partial charge in [-0.15, -0.1) is 0 Å². The van der Waals surface area contributed by atoms with Crippen molar-refractivity contribution in [3.8, 4) is 0 Å². The minimum atomic E-state index is -0.712. The Morgan fingerprint density at radius 2 is 1.62 bits per heavy atom. The molecule has 0 aromatic rings. The molecule has 0 radical (unpaired) electrons. The van der Waals surface area contributed by atoms with Gasteiger partial charge in [0, 0.05) is 25.9 Å². The van der Waals surface area contributed by atoms with E-state index in [9.17, 15) is 9.59 Å². The lowest BCUT2D eigenvalue weighted by Gasteiger charge is -2.32. The molecule has 1 aliphatic rings. The Hall–Kier alpha value is -1.06. The van der Waals surface area contributed by atoms with Gasteiger partial charge in [0.05, 0.1) is 0 Å². The predicted octanol–water partition coefficient (Wildman–Crippen LogP) is 3.84. The van der Waals surface area contributed by atoms with E-state index < -0.39 is 5.97 Å². The maximum Gasteiger partial charge on any atom is 0.303 e. The van der Waals surface area contributed by atoms with Crippen LogP contribution in [0, 0.1) is 5.92 Å². The van der Waals surface area contributed by atoms with Crippen molar-refractivity contribution in [3.63, 3.8) is 0 Å². The molecule has 0 spiro atoms. The third-order valence-electron chi connectivity index (χ3n) is 4.48. The predicted molar refractivity (Wildman–Crippen MR) is 84.2 cm³/mol. The van der Waals surface area contributed by atoms with Crippen molar-refractivity contribution in [2.75, 3.05) is 13.1 Å². The van der Waals surface area contributed by atoms with Crippen LogP contribution in [0.2, 0.25) is 0 Å². The number of piperidine rings is 1. The zero-order valence-corrected chi connectivity index (χ0v) is 13.5. The maximum absolute atomic E-state index is 12.1. The first kappa shape index (κ1) is 18.0. The Morgan fingerprint density at radius 1 is 1.00 bits per heavy atom. The van der Waals surface area contributed by atoms with Crippen LogP contribution in [0.4, 0.5) is 0 Å². The second-order valence-electron chi connectivity index (χ2n) is 6.27. The number of aliphatic carboxylic acids is 1. The van der Waals surface area contributed by atoms with Gasteiger partial charge in [-0.05, 0) is 31.6 Å². The molecule has 0 aromatic heterocycles. The molecule has 0 aliphatic carbocycles. The molecule has 1 saturated heterocycles. The number of hydrogen-bond acceptors (Lipinski definition) is 2. The highest BCUT2D eigenvalue weighted by Crippen LogP contribution is 2.22. The van der Waals surface area contributed by atoms with Crippen LogP contribution in [0.25, 0.3) is 0 Å². The third kappa shape index (κ3) is 8.08. The highest BCUT2D eigenvalue weighted by Gasteiger charge is 2.22. The van der Waals surface area contributed by atoms with E-state index in [1.807, 2.05) is 4.90 Å². The fraction of sp³-hybridized carbons (Fsp3) is 0.882. The summed E-state index contributed by atoms with van der Waals surface area (Å²) in [5, 5.41) is 8.69. The third-order valence-corrected chi connectivity index (χ3v) is 4.48. The molecule has 1 rings (SSSR count). The molecule has 0 atom stereocenters. The largest absolute Gasteiger partial charge is 0.481 e. The highest BCUT2D eigenvalue weighted by molar-refractivity contribution is 5.76. The molecular formula is C17H31NO3. The van der Waals surface area contributed by atoms with Crippen LogP contribution in [-0.4, -0.2) is 35.0 Å². The Morgan fingerprint density at radius 3 is 2.24 bits per heavy atom. The summed E-state index contributed by atoms with van der Waals surface area (Å²) in [6.45, 7) is 3.85. The molecule has 4 heteroatoms. The lowest BCUT2D eigenvalue weighted by Crippen LogP contribution is -2.38. The fourth-order valence-electron chi connectivity index (χ4n) is 3.01. The number of carboxylic acid groups (broad SMARTS) is 1. The van der Waals surface area contributed by atoms with Crippen molar-refractivity contribution in [1.82, 2.24) is 4.90 Å². The summed E-state index contributed by atoms with van der Waals surface area (Å²) in [5.74, 6) is 0.0675. The van der Waals surface area contributed by atoms with Gasteiger partial charge in [-0.25, -0.2) is 0 Å². The van der Waals surface area contributed by atoms with Crippen molar-refractivity contribution in [1.29, 1.82) is 0 Å². The lowest BCUT2D eigenvalue weighted by atomic mass is 9.92. The summed E-state index contributed by atoms with van der Waals surface area (Å²) in [6.07, 6.45) is 10.9. The monoisotopic (exact) mass is 297 g/mol. The van der Waals surface area contributed by atoms with E-state index in [-0.39, 0.29) is 6.42 Å². The van der Waals surface area contributed by atoms with Gasteiger partial charge in [-0.2, -0.15) is 0 Å². The van der Waals surface area contributed by atoms with E-state index in [1.165, 1.54) is 32.1 Å². The number of rotatable bonds is 10. The Labute approximate surface area is 128 Å². The summed E-state index contributed by atoms with van der Waals surface area (Å²) in [4.78, 5) is 24.6. The average Bonchev–Trinajstić information content (AvgIpc) is 2.49. The minimum Gasteiger partial charge on any atom is -0.481 e. The van der Waals surface area contributed by atoms with E-state index >= 15 is 0 Å². The van der Waals surface area contributed by atoms with Crippen LogP contribution in [0.5, 0.6) is 0 Å². The normalized spacial score (nSPS) is 16.1. The molecule has 1 aliphatic heterocycles. The molecule has 4 nitrogen and oxygen atoms in total. The van der Waals surface area contributed by atoms with E-state index in [0.29, 0.717) is 18.2 Å². The number of likely N-dealkylation sites (tertiary alicyclic amines) is 1. The molecule has 0 bridgehead atoms. The van der Waals surface area contributed by atoms with Crippen molar-refractivity contribution in [2.24, 2.45) is 5.92 Å². The number of carbonyl (C=O) groups excluding carboxylic acids is 1. The number of amides is 1. The molecule has 0 unspecified atom stereocenters. The van der Waals surface area contributed by atoms with Crippen LogP contribution in [0.1, 0.15) is 77.6 Å². The van der Waals surface area contributed by atoms with E-state index in [1.54, 1.807) is 0 Å². The van der Waals surface area contributed by atoms with Gasteiger partial charge in [0.25, 0.3) is 0 Å². The molecule has 1 amide bonds. The molecule has 0 aromatic carbocycles. The number of hydrogen-bond donors (Lipinski definition) is 1. The van der Waals surface area contributed by atoms with Crippen LogP contribution in [0.15, 0.2) is 0 Å². The van der Waals surface area contributed by atoms with Gasteiger partial charge in [-0.1, -0.05) is 39.0 Å². The molecule has 21 heavy (non-hydrogen) atoms. The topological polar surface area (TPSA) is 57.6 Å². The number of unbranched alkanes of at least 4 members (excludes halogenated alkanes) is 5. The van der Waals surface area contributed by atoms with Crippen molar-refractivity contribution >= 4 is 11.9 Å². The van der Waals surface area contributed by atoms with Gasteiger partial charge in [-0.3, -0.25) is 9.59 Å².